The number of ether oxygens (including phenoxy) is 4. The zero-order chi connectivity index (χ0) is 32.6. The van der Waals surface area contributed by atoms with E-state index in [4.69, 9.17) is 9.47 Å². The van der Waals surface area contributed by atoms with Crippen LogP contribution in [0.15, 0.2) is 30.5 Å². The molecule has 4 aliphatic carbocycles. The average Bonchev–Trinajstić information content (AvgIpc) is 3.55. The highest BCUT2D eigenvalue weighted by Crippen LogP contribution is 2.54. The lowest BCUT2D eigenvalue weighted by molar-refractivity contribution is -0.286. The number of carbonyl (C=O) groups is 1. The smallest absolute Gasteiger partial charge is 0.481 e. The average molecular weight is 654 g/mol. The molecule has 2 aromatic heterocycles. The molecule has 0 amide bonds. The van der Waals surface area contributed by atoms with Crippen LogP contribution in [-0.2, 0) is 22.1 Å². The monoisotopic (exact) mass is 653 g/mol. The van der Waals surface area contributed by atoms with Gasteiger partial charge in [0.2, 0.25) is 0 Å². The van der Waals surface area contributed by atoms with Crippen molar-refractivity contribution in [3.8, 4) is 22.9 Å². The second kappa shape index (κ2) is 10.8. The van der Waals surface area contributed by atoms with E-state index in [-0.39, 0.29) is 40.8 Å². The Balaban J connectivity index is 1.22. The van der Waals surface area contributed by atoms with Crippen molar-refractivity contribution < 1.29 is 55.2 Å². The van der Waals surface area contributed by atoms with Crippen LogP contribution in [0, 0.1) is 17.3 Å². The van der Waals surface area contributed by atoms with Gasteiger partial charge in [-0.1, -0.05) is 6.07 Å². The number of alkyl halides is 5. The molecule has 0 saturated heterocycles. The van der Waals surface area contributed by atoms with Crippen molar-refractivity contribution >= 4 is 5.97 Å². The Morgan fingerprint density at radius 1 is 1.13 bits per heavy atom. The summed E-state index contributed by atoms with van der Waals surface area (Å²) in [5.41, 5.74) is -1.87. The zero-order valence-electron chi connectivity index (χ0n) is 24.5. The summed E-state index contributed by atoms with van der Waals surface area (Å²) >= 11 is 0. The number of pyridine rings is 1. The summed E-state index contributed by atoms with van der Waals surface area (Å²) < 4.78 is 107. The van der Waals surface area contributed by atoms with Gasteiger partial charge in [-0.25, -0.2) is 9.67 Å². The SMILES string of the molecule is C[C@H](Oc1cc(-n2nc(C(F)(F)F)c3c2[C@@H](OC2CC4CCC2(C(=O)O)CC4)CCC3)cnc1F)c1ccc2c(c1)OC(F)(F)O2. The number of aromatic nitrogens is 3. The third kappa shape index (κ3) is 5.21. The second-order valence-corrected chi connectivity index (χ2v) is 12.4. The fraction of sp³-hybridized carbons (Fsp3) is 0.516. The Hall–Kier alpha value is -4.01. The Morgan fingerprint density at radius 2 is 1.87 bits per heavy atom. The Bertz CT molecular complexity index is 1690. The van der Waals surface area contributed by atoms with Crippen LogP contribution < -0.4 is 14.2 Å². The third-order valence-corrected chi connectivity index (χ3v) is 9.64. The number of fused-ring (bicyclic) bond motifs is 5. The number of hydrogen-bond acceptors (Lipinski definition) is 7. The van der Waals surface area contributed by atoms with E-state index in [1.165, 1.54) is 25.1 Å². The number of rotatable bonds is 7. The Kier molecular flexibility index (Phi) is 7.18. The first-order valence-corrected chi connectivity index (χ1v) is 15.0. The van der Waals surface area contributed by atoms with Crippen molar-refractivity contribution in [1.29, 1.82) is 0 Å². The number of carboxylic acids is 1. The molecule has 1 aromatic carbocycles. The van der Waals surface area contributed by atoms with E-state index in [1.54, 1.807) is 0 Å². The number of halogens is 6. The summed E-state index contributed by atoms with van der Waals surface area (Å²) in [4.78, 5) is 16.2. The van der Waals surface area contributed by atoms with Gasteiger partial charge >= 0.3 is 18.4 Å². The van der Waals surface area contributed by atoms with E-state index < -0.39 is 59.6 Å². The lowest BCUT2D eigenvalue weighted by atomic mass is 9.59. The fourth-order valence-electron chi connectivity index (χ4n) is 7.31. The van der Waals surface area contributed by atoms with Crippen molar-refractivity contribution in [2.75, 3.05) is 0 Å². The summed E-state index contributed by atoms with van der Waals surface area (Å²) in [5.74, 6) is -2.59. The molecule has 2 bridgehead atoms. The molecule has 5 aliphatic rings. The largest absolute Gasteiger partial charge is 0.586 e. The number of hydrogen-bond donors (Lipinski definition) is 1. The lowest BCUT2D eigenvalue weighted by Crippen LogP contribution is -2.52. The van der Waals surface area contributed by atoms with Gasteiger partial charge in [0.05, 0.1) is 29.1 Å². The summed E-state index contributed by atoms with van der Waals surface area (Å²) in [7, 11) is 0. The van der Waals surface area contributed by atoms with Gasteiger partial charge in [-0.15, -0.1) is 8.78 Å². The molecule has 1 aliphatic heterocycles. The van der Waals surface area contributed by atoms with E-state index in [0.29, 0.717) is 37.7 Å². The minimum Gasteiger partial charge on any atom is -0.481 e. The maximum Gasteiger partial charge on any atom is 0.586 e. The molecule has 15 heteroatoms. The van der Waals surface area contributed by atoms with Crippen molar-refractivity contribution in [2.24, 2.45) is 11.3 Å². The van der Waals surface area contributed by atoms with Gasteiger partial charge in [0, 0.05) is 11.6 Å². The third-order valence-electron chi connectivity index (χ3n) is 9.64. The number of nitrogens with zero attached hydrogens (tertiary/aromatic N) is 3. The van der Waals surface area contributed by atoms with Gasteiger partial charge in [0.1, 0.15) is 12.2 Å². The van der Waals surface area contributed by atoms with Crippen LogP contribution in [-0.4, -0.2) is 38.2 Å². The second-order valence-electron chi connectivity index (χ2n) is 12.4. The topological polar surface area (TPSA) is 105 Å². The Morgan fingerprint density at radius 3 is 2.59 bits per heavy atom. The summed E-state index contributed by atoms with van der Waals surface area (Å²) in [6, 6.07) is 5.07. The molecular formula is C31H29F6N3O6. The Labute approximate surface area is 258 Å². The molecule has 0 spiro atoms. The van der Waals surface area contributed by atoms with Crippen LogP contribution in [0.25, 0.3) is 5.69 Å². The van der Waals surface area contributed by atoms with Gasteiger partial charge < -0.3 is 24.1 Å². The molecule has 246 valence electrons. The van der Waals surface area contributed by atoms with Gasteiger partial charge in [-0.05, 0) is 81.9 Å². The summed E-state index contributed by atoms with van der Waals surface area (Å²) in [5, 5.41) is 14.1. The van der Waals surface area contributed by atoms with Crippen LogP contribution in [0.1, 0.15) is 86.6 Å². The van der Waals surface area contributed by atoms with Crippen LogP contribution in [0.3, 0.4) is 0 Å². The first kappa shape index (κ1) is 30.6. The predicted octanol–water partition coefficient (Wildman–Crippen LogP) is 7.31. The van der Waals surface area contributed by atoms with Crippen molar-refractivity contribution in [3.05, 3.63) is 58.9 Å². The molecular weight excluding hydrogens is 624 g/mol. The van der Waals surface area contributed by atoms with Crippen LogP contribution in [0.4, 0.5) is 26.3 Å². The van der Waals surface area contributed by atoms with Gasteiger partial charge in [0.25, 0.3) is 5.95 Å². The highest BCUT2D eigenvalue weighted by atomic mass is 19.4. The van der Waals surface area contributed by atoms with Crippen molar-refractivity contribution in [3.63, 3.8) is 0 Å². The highest BCUT2D eigenvalue weighted by Gasteiger charge is 2.55. The van der Waals surface area contributed by atoms with Crippen LogP contribution >= 0.6 is 0 Å². The lowest BCUT2D eigenvalue weighted by Gasteiger charge is -2.50. The first-order chi connectivity index (χ1) is 21.7. The summed E-state index contributed by atoms with van der Waals surface area (Å²) in [6.45, 7) is 1.51. The number of aliphatic carboxylic acids is 1. The van der Waals surface area contributed by atoms with Crippen molar-refractivity contribution in [1.82, 2.24) is 14.8 Å². The standard InChI is InChI=1S/C31H29F6N3O6/c1-15(17-5-6-20-22(12-17)46-31(36,37)45-20)43-23-13-18(14-38-27(23)32)40-25-19(26(39-40)30(33,34)35)3-2-4-21(25)44-24-11-16-7-9-29(24,10-8-16)28(41)42/h5-6,12-16,21,24H,2-4,7-11H2,1H3,(H,41,42)/t15-,16?,21-,24?,29?/m0/s1. The fourth-order valence-corrected chi connectivity index (χ4v) is 7.31. The maximum atomic E-state index is 14.9. The molecule has 46 heavy (non-hydrogen) atoms. The number of carboxylic acid groups (broad SMARTS) is 1. The zero-order valence-corrected chi connectivity index (χ0v) is 24.5. The summed E-state index contributed by atoms with van der Waals surface area (Å²) in [6.07, 6.45) is -6.43. The molecule has 8 rings (SSSR count). The van der Waals surface area contributed by atoms with E-state index in [9.17, 15) is 36.2 Å². The van der Waals surface area contributed by atoms with E-state index in [2.05, 4.69) is 19.6 Å². The van der Waals surface area contributed by atoms with Gasteiger partial charge in [-0.2, -0.15) is 22.7 Å². The molecule has 3 heterocycles. The minimum atomic E-state index is -4.80. The first-order valence-electron chi connectivity index (χ1n) is 15.0. The molecule has 3 atom stereocenters. The van der Waals surface area contributed by atoms with Crippen LogP contribution in [0.2, 0.25) is 0 Å². The quantitative estimate of drug-likeness (QED) is 0.209. The molecule has 3 fully saturated rings. The maximum absolute atomic E-state index is 14.9. The molecule has 3 saturated carbocycles. The van der Waals surface area contributed by atoms with E-state index in [1.807, 2.05) is 0 Å². The normalized spacial score (nSPS) is 26.9. The van der Waals surface area contributed by atoms with E-state index >= 15 is 0 Å². The molecule has 1 unspecified atom stereocenters. The number of benzene rings is 1. The van der Waals surface area contributed by atoms with Crippen molar-refractivity contribution in [2.45, 2.75) is 89.1 Å². The van der Waals surface area contributed by atoms with Gasteiger partial charge in [-0.3, -0.25) is 4.79 Å². The molecule has 9 nitrogen and oxygen atoms in total. The van der Waals surface area contributed by atoms with Gasteiger partial charge in [0.15, 0.2) is 22.9 Å². The molecule has 1 N–H and O–H groups in total. The highest BCUT2D eigenvalue weighted by molar-refractivity contribution is 5.76. The predicted molar refractivity (Wildman–Crippen MR) is 145 cm³/mol. The molecule has 3 aromatic rings. The minimum absolute atomic E-state index is 0.0331. The van der Waals surface area contributed by atoms with Crippen LogP contribution in [0.5, 0.6) is 17.2 Å². The molecule has 0 radical (unpaired) electrons. The van der Waals surface area contributed by atoms with E-state index in [0.717, 1.165) is 29.8 Å².